The summed E-state index contributed by atoms with van der Waals surface area (Å²) in [5.41, 5.74) is 10.9. The first kappa shape index (κ1) is 20.9. The standard InChI is InChI=1S/C26H23N3O3/c1-31-25-15-18(16-28-29-26(30)22-11-4-5-12-23(22)27)13-14-24(25)32-17-20-9-6-8-19-7-2-3-10-21(19)20/h2-16H,17,27H2,1H3,(H,29,30)/b28-16-. The van der Waals surface area contributed by atoms with Crippen LogP contribution in [0.25, 0.3) is 10.8 Å². The zero-order valence-electron chi connectivity index (χ0n) is 17.6. The summed E-state index contributed by atoms with van der Waals surface area (Å²) in [4.78, 5) is 12.2. The lowest BCUT2D eigenvalue weighted by molar-refractivity contribution is 0.0956. The minimum absolute atomic E-state index is 0.374. The number of nitrogens with two attached hydrogens (primary N) is 1. The number of methoxy groups -OCH3 is 1. The van der Waals surface area contributed by atoms with E-state index in [1.807, 2.05) is 30.3 Å². The summed E-state index contributed by atoms with van der Waals surface area (Å²) in [6.45, 7) is 0.416. The van der Waals surface area contributed by atoms with Gasteiger partial charge in [0.15, 0.2) is 11.5 Å². The minimum atomic E-state index is -0.374. The van der Waals surface area contributed by atoms with Crippen molar-refractivity contribution < 1.29 is 14.3 Å². The number of hydrogen-bond donors (Lipinski definition) is 2. The molecular weight excluding hydrogens is 402 g/mol. The summed E-state index contributed by atoms with van der Waals surface area (Å²) in [5.74, 6) is 0.827. The van der Waals surface area contributed by atoms with Crippen LogP contribution in [0.5, 0.6) is 11.5 Å². The number of anilines is 1. The summed E-state index contributed by atoms with van der Waals surface area (Å²) >= 11 is 0. The van der Waals surface area contributed by atoms with Crippen LogP contribution in [-0.2, 0) is 6.61 Å². The second-order valence-corrected chi connectivity index (χ2v) is 7.12. The number of para-hydroxylation sites is 1. The van der Waals surface area contributed by atoms with Gasteiger partial charge in [-0.3, -0.25) is 4.79 Å². The lowest BCUT2D eigenvalue weighted by atomic mass is 10.1. The number of hydrogen-bond acceptors (Lipinski definition) is 5. The molecule has 0 aliphatic rings. The fraction of sp³-hybridized carbons (Fsp3) is 0.0769. The van der Waals surface area contributed by atoms with E-state index in [9.17, 15) is 4.79 Å². The highest BCUT2D eigenvalue weighted by molar-refractivity contribution is 5.99. The van der Waals surface area contributed by atoms with Crippen molar-refractivity contribution in [1.29, 1.82) is 0 Å². The lowest BCUT2D eigenvalue weighted by Gasteiger charge is -2.12. The zero-order chi connectivity index (χ0) is 22.3. The molecule has 0 saturated heterocycles. The Labute approximate surface area is 186 Å². The van der Waals surface area contributed by atoms with Gasteiger partial charge in [-0.05, 0) is 52.2 Å². The second-order valence-electron chi connectivity index (χ2n) is 7.12. The number of benzene rings is 4. The normalized spacial score (nSPS) is 10.9. The largest absolute Gasteiger partial charge is 0.493 e. The maximum absolute atomic E-state index is 12.2. The molecule has 0 bridgehead atoms. The fourth-order valence-corrected chi connectivity index (χ4v) is 3.39. The smallest absolute Gasteiger partial charge is 0.273 e. The maximum atomic E-state index is 12.2. The highest BCUT2D eigenvalue weighted by atomic mass is 16.5. The Bertz CT molecular complexity index is 1280. The van der Waals surface area contributed by atoms with Crippen LogP contribution in [0.4, 0.5) is 5.69 Å². The molecule has 6 nitrogen and oxygen atoms in total. The molecule has 3 N–H and O–H groups in total. The number of carbonyl (C=O) groups is 1. The molecule has 4 rings (SSSR count). The van der Waals surface area contributed by atoms with Gasteiger partial charge in [-0.15, -0.1) is 0 Å². The van der Waals surface area contributed by atoms with Gasteiger partial charge in [0.2, 0.25) is 0 Å². The number of nitrogens with zero attached hydrogens (tertiary/aromatic N) is 1. The Balaban J connectivity index is 1.44. The first-order chi connectivity index (χ1) is 15.7. The molecule has 6 heteroatoms. The van der Waals surface area contributed by atoms with Crippen molar-refractivity contribution in [2.24, 2.45) is 5.10 Å². The molecule has 32 heavy (non-hydrogen) atoms. The monoisotopic (exact) mass is 425 g/mol. The summed E-state index contributed by atoms with van der Waals surface area (Å²) in [5, 5.41) is 6.35. The van der Waals surface area contributed by atoms with Crippen molar-refractivity contribution in [3.8, 4) is 11.5 Å². The van der Waals surface area contributed by atoms with E-state index in [-0.39, 0.29) is 5.91 Å². The van der Waals surface area contributed by atoms with E-state index in [0.717, 1.165) is 16.5 Å². The number of amides is 1. The number of ether oxygens (including phenoxy) is 2. The third-order valence-electron chi connectivity index (χ3n) is 5.04. The average Bonchev–Trinajstić information content (AvgIpc) is 2.83. The van der Waals surface area contributed by atoms with E-state index in [0.29, 0.717) is 29.4 Å². The number of rotatable bonds is 7. The van der Waals surface area contributed by atoms with E-state index in [1.165, 1.54) is 11.6 Å². The van der Waals surface area contributed by atoms with E-state index < -0.39 is 0 Å². The molecule has 0 heterocycles. The van der Waals surface area contributed by atoms with Crippen molar-refractivity contribution >= 4 is 28.6 Å². The average molecular weight is 425 g/mol. The molecule has 1 amide bonds. The third kappa shape index (κ3) is 4.70. The number of hydrazone groups is 1. The Morgan fingerprint density at radius 3 is 2.59 bits per heavy atom. The first-order valence-electron chi connectivity index (χ1n) is 10.1. The van der Waals surface area contributed by atoms with Crippen LogP contribution in [0.1, 0.15) is 21.5 Å². The lowest BCUT2D eigenvalue weighted by Crippen LogP contribution is -2.19. The van der Waals surface area contributed by atoms with Crippen LogP contribution in [-0.4, -0.2) is 19.2 Å². The molecule has 0 aromatic heterocycles. The van der Waals surface area contributed by atoms with Crippen molar-refractivity contribution in [3.05, 3.63) is 102 Å². The second kappa shape index (κ2) is 9.66. The molecular formula is C26H23N3O3. The molecule has 160 valence electrons. The summed E-state index contributed by atoms with van der Waals surface area (Å²) in [6.07, 6.45) is 1.54. The topological polar surface area (TPSA) is 85.9 Å². The molecule has 4 aromatic carbocycles. The van der Waals surface area contributed by atoms with Gasteiger partial charge in [-0.1, -0.05) is 54.6 Å². The maximum Gasteiger partial charge on any atom is 0.273 e. The van der Waals surface area contributed by atoms with Gasteiger partial charge >= 0.3 is 0 Å². The van der Waals surface area contributed by atoms with Crippen LogP contribution in [0.3, 0.4) is 0 Å². The van der Waals surface area contributed by atoms with Crippen LogP contribution in [0, 0.1) is 0 Å². The van der Waals surface area contributed by atoms with Gasteiger partial charge in [0.1, 0.15) is 6.61 Å². The summed E-state index contributed by atoms with van der Waals surface area (Å²) in [7, 11) is 1.58. The molecule has 0 fully saturated rings. The summed E-state index contributed by atoms with van der Waals surface area (Å²) < 4.78 is 11.5. The minimum Gasteiger partial charge on any atom is -0.493 e. The highest BCUT2D eigenvalue weighted by Crippen LogP contribution is 2.29. The number of nitrogens with one attached hydrogen (secondary N) is 1. The SMILES string of the molecule is COc1cc(/C=N\NC(=O)c2ccccc2N)ccc1OCc1cccc2ccccc12. The predicted molar refractivity (Wildman–Crippen MR) is 127 cm³/mol. The van der Waals surface area contributed by atoms with Crippen molar-refractivity contribution in [2.45, 2.75) is 6.61 Å². The van der Waals surface area contributed by atoms with Crippen LogP contribution in [0.2, 0.25) is 0 Å². The highest BCUT2D eigenvalue weighted by Gasteiger charge is 2.09. The molecule has 0 radical (unpaired) electrons. The zero-order valence-corrected chi connectivity index (χ0v) is 17.6. The Kier molecular flexibility index (Phi) is 6.32. The fourth-order valence-electron chi connectivity index (χ4n) is 3.39. The molecule has 0 spiro atoms. The van der Waals surface area contributed by atoms with Crippen molar-refractivity contribution in [2.75, 3.05) is 12.8 Å². The van der Waals surface area contributed by atoms with E-state index in [2.05, 4.69) is 34.8 Å². The Morgan fingerprint density at radius 2 is 1.75 bits per heavy atom. The van der Waals surface area contributed by atoms with Crippen molar-refractivity contribution in [1.82, 2.24) is 5.43 Å². The number of fused-ring (bicyclic) bond motifs is 1. The van der Waals surface area contributed by atoms with Crippen molar-refractivity contribution in [3.63, 3.8) is 0 Å². The Hall–Kier alpha value is -4.32. The predicted octanol–water partition coefficient (Wildman–Crippen LogP) is 4.77. The summed E-state index contributed by atoms with van der Waals surface area (Å²) in [6, 6.07) is 26.7. The van der Waals surface area contributed by atoms with E-state index in [4.69, 9.17) is 15.2 Å². The number of carbonyl (C=O) groups excluding carboxylic acids is 1. The molecule has 0 atom stereocenters. The molecule has 4 aromatic rings. The number of nitrogen functional groups attached to an aromatic ring is 1. The van der Waals surface area contributed by atoms with E-state index >= 15 is 0 Å². The molecule has 0 unspecified atom stereocenters. The van der Waals surface area contributed by atoms with Gasteiger partial charge in [0.25, 0.3) is 5.91 Å². The van der Waals surface area contributed by atoms with Gasteiger partial charge in [-0.2, -0.15) is 5.10 Å². The van der Waals surface area contributed by atoms with Gasteiger partial charge < -0.3 is 15.2 Å². The van der Waals surface area contributed by atoms with Crippen LogP contribution in [0.15, 0.2) is 90.0 Å². The van der Waals surface area contributed by atoms with Gasteiger partial charge in [0.05, 0.1) is 18.9 Å². The first-order valence-corrected chi connectivity index (χ1v) is 10.1. The van der Waals surface area contributed by atoms with Gasteiger partial charge in [-0.25, -0.2) is 5.43 Å². The third-order valence-corrected chi connectivity index (χ3v) is 5.04. The molecule has 0 saturated carbocycles. The van der Waals surface area contributed by atoms with Crippen LogP contribution < -0.4 is 20.6 Å². The van der Waals surface area contributed by atoms with E-state index in [1.54, 1.807) is 37.4 Å². The molecule has 0 aliphatic carbocycles. The Morgan fingerprint density at radius 1 is 0.969 bits per heavy atom. The van der Waals surface area contributed by atoms with Gasteiger partial charge in [0, 0.05) is 5.69 Å². The van der Waals surface area contributed by atoms with Crippen LogP contribution >= 0.6 is 0 Å². The quantitative estimate of drug-likeness (QED) is 0.254. The molecule has 0 aliphatic heterocycles.